The van der Waals surface area contributed by atoms with Gasteiger partial charge < -0.3 is 14.7 Å². The van der Waals surface area contributed by atoms with Gasteiger partial charge in [0, 0.05) is 46.9 Å². The van der Waals surface area contributed by atoms with E-state index >= 15 is 0 Å². The molecule has 0 spiro atoms. The summed E-state index contributed by atoms with van der Waals surface area (Å²) in [6, 6.07) is 7.01. The summed E-state index contributed by atoms with van der Waals surface area (Å²) in [6.45, 7) is 8.05. The third-order valence-corrected chi connectivity index (χ3v) is 10.8. The summed E-state index contributed by atoms with van der Waals surface area (Å²) in [5, 5.41) is 15.3. The first-order valence-corrected chi connectivity index (χ1v) is 15.2. The second-order valence-corrected chi connectivity index (χ2v) is 13.4. The summed E-state index contributed by atoms with van der Waals surface area (Å²) in [4.78, 5) is 34.1. The van der Waals surface area contributed by atoms with Crippen LogP contribution in [0, 0.1) is 23.2 Å². The summed E-state index contributed by atoms with van der Waals surface area (Å²) >= 11 is 3.44. The van der Waals surface area contributed by atoms with Crippen molar-refractivity contribution in [2.24, 2.45) is 23.2 Å². The largest absolute Gasteiger partial charge is 0.497 e. The van der Waals surface area contributed by atoms with Crippen LogP contribution in [0.1, 0.15) is 60.5 Å². The normalized spacial score (nSPS) is 30.1. The Labute approximate surface area is 227 Å². The number of amides is 2. The molecule has 2 aromatic rings. The summed E-state index contributed by atoms with van der Waals surface area (Å²) in [6.07, 6.45) is 2.11. The molecule has 3 aliphatic rings. The highest BCUT2D eigenvalue weighted by molar-refractivity contribution is 7.99. The van der Waals surface area contributed by atoms with Crippen LogP contribution < -0.4 is 10.1 Å². The molecule has 0 radical (unpaired) electrons. The first-order valence-electron chi connectivity index (χ1n) is 13.2. The van der Waals surface area contributed by atoms with Gasteiger partial charge in [0.15, 0.2) is 5.13 Å². The Balaban J connectivity index is 1.32. The Bertz CT molecular complexity index is 1150. The maximum absolute atomic E-state index is 13.3. The van der Waals surface area contributed by atoms with Gasteiger partial charge in [-0.25, -0.2) is 4.98 Å². The Morgan fingerprint density at radius 3 is 2.62 bits per heavy atom. The molecule has 1 aromatic heterocycles. The van der Waals surface area contributed by atoms with E-state index in [1.54, 1.807) is 42.7 Å². The number of carbonyl (C=O) groups is 2. The lowest BCUT2D eigenvalue weighted by atomic mass is 9.53. The topological polar surface area (TPSA) is 91.8 Å². The molecule has 0 bridgehead atoms. The standard InChI is InChI=1S/C28H37N3O4S2/c1-16(26(34)31-11-13-36-14-12-31)20-9-10-28(3)15-21-23(17(2)22(28)24(20)32)29-27(37-21)30-25(33)18-5-7-19(35-4)8-6-18/h5-8,16-17,20,22,24,32H,9-15H2,1-4H3,(H,29,30,33)/t16-,17-,20+,22+,24-,28+/m0/s1. The molecular weight excluding hydrogens is 506 g/mol. The zero-order chi connectivity index (χ0) is 26.3. The lowest BCUT2D eigenvalue weighted by Crippen LogP contribution is -2.54. The number of fused-ring (bicyclic) bond motifs is 2. The number of methoxy groups -OCH3 is 1. The van der Waals surface area contributed by atoms with Gasteiger partial charge >= 0.3 is 0 Å². The molecule has 7 nitrogen and oxygen atoms in total. The van der Waals surface area contributed by atoms with Crippen molar-refractivity contribution in [2.75, 3.05) is 37.0 Å². The van der Waals surface area contributed by atoms with Crippen LogP contribution in [0.3, 0.4) is 0 Å². The van der Waals surface area contributed by atoms with Gasteiger partial charge in [0.05, 0.1) is 18.9 Å². The molecule has 2 heterocycles. The third-order valence-electron chi connectivity index (χ3n) is 8.85. The fourth-order valence-corrected chi connectivity index (χ4v) is 8.93. The number of ether oxygens (including phenoxy) is 1. The fraction of sp³-hybridized carbons (Fsp3) is 0.607. The minimum atomic E-state index is -0.556. The zero-order valence-corrected chi connectivity index (χ0v) is 23.7. The summed E-state index contributed by atoms with van der Waals surface area (Å²) < 4.78 is 5.18. The van der Waals surface area contributed by atoms with Crippen LogP contribution in [0.15, 0.2) is 24.3 Å². The minimum absolute atomic E-state index is 0.0261. The van der Waals surface area contributed by atoms with Gasteiger partial charge in [-0.3, -0.25) is 14.9 Å². The Kier molecular flexibility index (Phi) is 7.58. The van der Waals surface area contributed by atoms with Crippen LogP contribution in [0.2, 0.25) is 0 Å². The molecule has 200 valence electrons. The molecular formula is C28H37N3O4S2. The molecule has 2 aliphatic carbocycles. The predicted octanol–water partition coefficient (Wildman–Crippen LogP) is 4.67. The molecule has 1 aromatic carbocycles. The molecule has 5 rings (SSSR count). The first-order chi connectivity index (χ1) is 17.7. The van der Waals surface area contributed by atoms with E-state index in [1.165, 1.54) is 4.88 Å². The zero-order valence-electron chi connectivity index (χ0n) is 22.0. The lowest BCUT2D eigenvalue weighted by molar-refractivity contribution is -0.144. The number of carbonyl (C=O) groups excluding carboxylic acids is 2. The predicted molar refractivity (Wildman–Crippen MR) is 149 cm³/mol. The number of aliphatic hydroxyl groups excluding tert-OH is 1. The number of aliphatic hydroxyl groups is 1. The van der Waals surface area contributed by atoms with E-state index in [1.807, 2.05) is 23.6 Å². The molecule has 1 saturated carbocycles. The molecule has 37 heavy (non-hydrogen) atoms. The van der Waals surface area contributed by atoms with Crippen molar-refractivity contribution in [1.29, 1.82) is 0 Å². The van der Waals surface area contributed by atoms with Crippen molar-refractivity contribution in [3.63, 3.8) is 0 Å². The second kappa shape index (κ2) is 10.6. The van der Waals surface area contributed by atoms with Crippen LogP contribution in [0.25, 0.3) is 0 Å². The Morgan fingerprint density at radius 1 is 1.24 bits per heavy atom. The lowest BCUT2D eigenvalue weighted by Gasteiger charge is -2.53. The summed E-state index contributed by atoms with van der Waals surface area (Å²) in [5.41, 5.74) is 1.47. The number of nitrogens with one attached hydrogen (secondary N) is 1. The smallest absolute Gasteiger partial charge is 0.257 e. The number of hydrogen-bond acceptors (Lipinski definition) is 7. The van der Waals surface area contributed by atoms with Crippen LogP contribution in [-0.2, 0) is 11.2 Å². The molecule has 2 fully saturated rings. The third kappa shape index (κ3) is 5.02. The van der Waals surface area contributed by atoms with Crippen molar-refractivity contribution in [3.05, 3.63) is 40.4 Å². The number of hydrogen-bond donors (Lipinski definition) is 2. The highest BCUT2D eigenvalue weighted by Crippen LogP contribution is 2.57. The Morgan fingerprint density at radius 2 is 1.95 bits per heavy atom. The number of thioether (sulfide) groups is 1. The number of thiazole rings is 1. The Hall–Kier alpha value is -2.10. The van der Waals surface area contributed by atoms with Crippen molar-refractivity contribution in [1.82, 2.24) is 9.88 Å². The van der Waals surface area contributed by atoms with Crippen LogP contribution >= 0.6 is 23.1 Å². The van der Waals surface area contributed by atoms with E-state index in [9.17, 15) is 14.7 Å². The molecule has 1 aliphatic heterocycles. The molecule has 1 saturated heterocycles. The van der Waals surface area contributed by atoms with E-state index < -0.39 is 6.10 Å². The average Bonchev–Trinajstić information content (AvgIpc) is 3.30. The summed E-state index contributed by atoms with van der Waals surface area (Å²) in [5.74, 6) is 2.52. The number of rotatable bonds is 5. The van der Waals surface area contributed by atoms with Gasteiger partial charge in [-0.15, -0.1) is 11.3 Å². The van der Waals surface area contributed by atoms with E-state index in [0.717, 1.165) is 49.6 Å². The van der Waals surface area contributed by atoms with Gasteiger partial charge in [-0.2, -0.15) is 11.8 Å². The van der Waals surface area contributed by atoms with Gasteiger partial charge in [-0.1, -0.05) is 20.8 Å². The number of benzene rings is 1. The van der Waals surface area contributed by atoms with Crippen LogP contribution in [-0.4, -0.2) is 64.6 Å². The highest BCUT2D eigenvalue weighted by atomic mass is 32.2. The van der Waals surface area contributed by atoms with E-state index in [4.69, 9.17) is 9.72 Å². The number of aromatic nitrogens is 1. The van der Waals surface area contributed by atoms with E-state index in [-0.39, 0.29) is 40.9 Å². The van der Waals surface area contributed by atoms with Crippen molar-refractivity contribution in [2.45, 2.75) is 52.1 Å². The van der Waals surface area contributed by atoms with Crippen molar-refractivity contribution >= 4 is 40.0 Å². The quantitative estimate of drug-likeness (QED) is 0.570. The first kappa shape index (κ1) is 26.5. The molecule has 6 atom stereocenters. The minimum Gasteiger partial charge on any atom is -0.497 e. The summed E-state index contributed by atoms with van der Waals surface area (Å²) in [7, 11) is 1.60. The molecule has 2 amide bonds. The van der Waals surface area contributed by atoms with Crippen LogP contribution in [0.4, 0.5) is 5.13 Å². The average molecular weight is 544 g/mol. The highest BCUT2D eigenvalue weighted by Gasteiger charge is 2.54. The fourth-order valence-electron chi connectivity index (χ4n) is 6.77. The second-order valence-electron chi connectivity index (χ2n) is 11.1. The van der Waals surface area contributed by atoms with Gasteiger partial charge in [0.25, 0.3) is 5.91 Å². The monoisotopic (exact) mass is 543 g/mol. The SMILES string of the molecule is COc1ccc(C(=O)Nc2nc3c(s2)C[C@@]2(C)CC[C@H]([C@H](C)C(=O)N4CCSCC4)[C@H](O)[C@H]2[C@@H]3C)cc1. The maximum atomic E-state index is 13.3. The van der Waals surface area contributed by atoms with Crippen molar-refractivity contribution in [3.8, 4) is 5.75 Å². The van der Waals surface area contributed by atoms with Gasteiger partial charge in [0.2, 0.25) is 5.91 Å². The number of nitrogens with zero attached hydrogens (tertiary/aromatic N) is 2. The maximum Gasteiger partial charge on any atom is 0.257 e. The van der Waals surface area contributed by atoms with E-state index in [2.05, 4.69) is 19.2 Å². The molecule has 9 heteroatoms. The van der Waals surface area contributed by atoms with Crippen molar-refractivity contribution < 1.29 is 19.4 Å². The van der Waals surface area contributed by atoms with Gasteiger partial charge in [0.1, 0.15) is 5.75 Å². The van der Waals surface area contributed by atoms with Crippen LogP contribution in [0.5, 0.6) is 5.75 Å². The van der Waals surface area contributed by atoms with E-state index in [0.29, 0.717) is 16.4 Å². The van der Waals surface area contributed by atoms with Gasteiger partial charge in [-0.05, 0) is 60.8 Å². The number of anilines is 1. The molecule has 2 N–H and O–H groups in total. The molecule has 0 unspecified atom stereocenters.